The van der Waals surface area contributed by atoms with Gasteiger partial charge in [0.05, 0.1) is 31.5 Å². The van der Waals surface area contributed by atoms with E-state index in [0.717, 1.165) is 13.1 Å². The number of nitriles is 1. The molecule has 2 heterocycles. The Kier molecular flexibility index (Phi) is 6.07. The van der Waals surface area contributed by atoms with Gasteiger partial charge in [-0.2, -0.15) is 28.4 Å². The van der Waals surface area contributed by atoms with Crippen LogP contribution < -0.4 is 25.5 Å². The molecule has 14 heteroatoms. The second-order valence-electron chi connectivity index (χ2n) is 6.29. The Balaban J connectivity index is 2.21. The fourth-order valence-electron chi connectivity index (χ4n) is 2.74. The predicted molar refractivity (Wildman–Crippen MR) is 102 cm³/mol. The third-order valence-corrected chi connectivity index (χ3v) is 4.30. The van der Waals surface area contributed by atoms with E-state index >= 15 is 0 Å². The third kappa shape index (κ3) is 4.47. The highest BCUT2D eigenvalue weighted by atomic mass is 19.4. The summed E-state index contributed by atoms with van der Waals surface area (Å²) >= 11 is 0. The first kappa shape index (κ1) is 23.3. The van der Waals surface area contributed by atoms with Crippen molar-refractivity contribution in [2.75, 3.05) is 14.2 Å². The van der Waals surface area contributed by atoms with E-state index in [0.29, 0.717) is 6.07 Å². The third-order valence-electron chi connectivity index (χ3n) is 4.30. The lowest BCUT2D eigenvalue weighted by atomic mass is 10.2. The summed E-state index contributed by atoms with van der Waals surface area (Å²) in [5.74, 6) is -1.59. The first-order valence-corrected chi connectivity index (χ1v) is 8.79. The van der Waals surface area contributed by atoms with Crippen LogP contribution in [-0.2, 0) is 13.2 Å². The van der Waals surface area contributed by atoms with Gasteiger partial charge in [0, 0.05) is 19.2 Å². The number of hydrogen-bond acceptors (Lipinski definition) is 8. The van der Waals surface area contributed by atoms with Gasteiger partial charge in [-0.25, -0.2) is 13.8 Å². The van der Waals surface area contributed by atoms with Crippen molar-refractivity contribution in [2.24, 2.45) is 7.05 Å². The summed E-state index contributed by atoms with van der Waals surface area (Å²) in [7, 11) is 3.38. The fourth-order valence-corrected chi connectivity index (χ4v) is 2.74. The predicted octanol–water partition coefficient (Wildman–Crippen LogP) is 2.17. The van der Waals surface area contributed by atoms with Gasteiger partial charge in [0.2, 0.25) is 11.8 Å². The SMILES string of the molecule is COc1cc(OC)nc(Oc2cc(-n3c(=O)cc(C(F)(F)F)n(C)c3=O)c(F)cc2C#N)n1. The highest BCUT2D eigenvalue weighted by Crippen LogP contribution is 2.30. The number of nitrogens with zero attached hydrogens (tertiary/aromatic N) is 5. The van der Waals surface area contributed by atoms with Crippen LogP contribution in [0.4, 0.5) is 17.6 Å². The molecule has 0 unspecified atom stereocenters. The minimum atomic E-state index is -4.99. The highest BCUT2D eigenvalue weighted by molar-refractivity contribution is 5.52. The number of benzene rings is 1. The Labute approximate surface area is 181 Å². The van der Waals surface area contributed by atoms with Crippen molar-refractivity contribution in [1.29, 1.82) is 5.26 Å². The fraction of sp³-hybridized carbons (Fsp3) is 0.211. The van der Waals surface area contributed by atoms with Crippen LogP contribution in [0.2, 0.25) is 0 Å². The van der Waals surface area contributed by atoms with E-state index in [2.05, 4.69) is 9.97 Å². The molecule has 0 amide bonds. The van der Waals surface area contributed by atoms with E-state index in [1.807, 2.05) is 0 Å². The quantitative estimate of drug-likeness (QED) is 0.524. The summed E-state index contributed by atoms with van der Waals surface area (Å²) in [4.78, 5) is 32.6. The molecule has 172 valence electrons. The zero-order valence-electron chi connectivity index (χ0n) is 17.1. The number of hydrogen-bond donors (Lipinski definition) is 0. The van der Waals surface area contributed by atoms with Gasteiger partial charge in [0.15, 0.2) is 5.75 Å². The smallest absolute Gasteiger partial charge is 0.431 e. The van der Waals surface area contributed by atoms with Crippen LogP contribution in [0.5, 0.6) is 23.5 Å². The van der Waals surface area contributed by atoms with Crippen molar-refractivity contribution in [3.05, 3.63) is 62.2 Å². The van der Waals surface area contributed by atoms with Crippen LogP contribution in [0.1, 0.15) is 11.3 Å². The average Bonchev–Trinajstić information content (AvgIpc) is 2.76. The second-order valence-corrected chi connectivity index (χ2v) is 6.29. The molecule has 0 bridgehead atoms. The Morgan fingerprint density at radius 2 is 1.64 bits per heavy atom. The van der Waals surface area contributed by atoms with E-state index in [9.17, 15) is 32.4 Å². The summed E-state index contributed by atoms with van der Waals surface area (Å²) in [6, 6.07) is 4.17. The number of halogens is 4. The molecule has 1 aromatic carbocycles. The molecule has 0 atom stereocenters. The van der Waals surface area contributed by atoms with Gasteiger partial charge in [0.1, 0.15) is 17.6 Å². The normalized spacial score (nSPS) is 11.1. The van der Waals surface area contributed by atoms with Crippen LogP contribution in [-0.4, -0.2) is 33.3 Å². The zero-order valence-corrected chi connectivity index (χ0v) is 17.1. The van der Waals surface area contributed by atoms with E-state index in [-0.39, 0.29) is 32.5 Å². The molecule has 33 heavy (non-hydrogen) atoms. The minimum absolute atomic E-state index is 0.0190. The maximum Gasteiger partial charge on any atom is 0.431 e. The van der Waals surface area contributed by atoms with Crippen molar-refractivity contribution in [3.8, 4) is 35.3 Å². The lowest BCUT2D eigenvalue weighted by Crippen LogP contribution is -2.41. The molecule has 2 aromatic heterocycles. The van der Waals surface area contributed by atoms with Crippen LogP contribution in [0, 0.1) is 17.1 Å². The monoisotopic (exact) mass is 467 g/mol. The van der Waals surface area contributed by atoms with Gasteiger partial charge in [-0.1, -0.05) is 0 Å². The van der Waals surface area contributed by atoms with Gasteiger partial charge >= 0.3 is 17.9 Å². The van der Waals surface area contributed by atoms with Crippen molar-refractivity contribution < 1.29 is 31.8 Å². The number of rotatable bonds is 5. The Morgan fingerprint density at radius 3 is 2.15 bits per heavy atom. The standard InChI is InChI=1S/C19H13F4N5O5/c1-27-13(19(21,22)23)6-16(29)28(18(27)30)11-5-12(9(8-24)4-10(11)20)33-17-25-14(31-2)7-15(26-17)32-3/h4-7H,1-3H3. The highest BCUT2D eigenvalue weighted by Gasteiger charge is 2.35. The Hall–Kier alpha value is -4.41. The Morgan fingerprint density at radius 1 is 1.03 bits per heavy atom. The van der Waals surface area contributed by atoms with E-state index in [4.69, 9.17) is 14.2 Å². The van der Waals surface area contributed by atoms with Crippen LogP contribution in [0.15, 0.2) is 33.9 Å². The molecule has 0 aliphatic heterocycles. The van der Waals surface area contributed by atoms with Crippen molar-refractivity contribution in [2.45, 2.75) is 6.18 Å². The molecule has 10 nitrogen and oxygen atoms in total. The number of ether oxygens (including phenoxy) is 3. The minimum Gasteiger partial charge on any atom is -0.481 e. The molecule has 0 saturated heterocycles. The molecule has 0 N–H and O–H groups in total. The molecule has 0 fully saturated rings. The summed E-state index contributed by atoms with van der Waals surface area (Å²) < 4.78 is 69.6. The molecule has 0 aliphatic carbocycles. The van der Waals surface area contributed by atoms with Crippen molar-refractivity contribution in [3.63, 3.8) is 0 Å². The van der Waals surface area contributed by atoms with E-state index < -0.39 is 46.4 Å². The molecule has 0 aliphatic rings. The lowest BCUT2D eigenvalue weighted by molar-refractivity contribution is -0.144. The number of alkyl halides is 3. The topological polar surface area (TPSA) is 121 Å². The van der Waals surface area contributed by atoms with Crippen LogP contribution >= 0.6 is 0 Å². The van der Waals surface area contributed by atoms with Crippen LogP contribution in [0.3, 0.4) is 0 Å². The summed E-state index contributed by atoms with van der Waals surface area (Å²) in [5.41, 5.74) is -5.56. The largest absolute Gasteiger partial charge is 0.481 e. The molecule has 3 rings (SSSR count). The van der Waals surface area contributed by atoms with Gasteiger partial charge < -0.3 is 14.2 Å². The van der Waals surface area contributed by atoms with Gasteiger partial charge in [-0.3, -0.25) is 9.36 Å². The first-order chi connectivity index (χ1) is 15.5. The Bertz CT molecular complexity index is 1370. The maximum atomic E-state index is 14.7. The van der Waals surface area contributed by atoms with Crippen molar-refractivity contribution in [1.82, 2.24) is 19.1 Å². The molecular formula is C19H13F4N5O5. The summed E-state index contributed by atoms with van der Waals surface area (Å²) in [6.07, 6.45) is -4.99. The summed E-state index contributed by atoms with van der Waals surface area (Å²) in [5, 5.41) is 9.32. The zero-order chi connectivity index (χ0) is 24.5. The number of methoxy groups -OCH3 is 2. The molecule has 3 aromatic rings. The first-order valence-electron chi connectivity index (χ1n) is 8.79. The van der Waals surface area contributed by atoms with Gasteiger partial charge in [-0.15, -0.1) is 0 Å². The summed E-state index contributed by atoms with van der Waals surface area (Å²) in [6.45, 7) is 0. The van der Waals surface area contributed by atoms with Crippen LogP contribution in [0.25, 0.3) is 5.69 Å². The lowest BCUT2D eigenvalue weighted by Gasteiger charge is -2.15. The average molecular weight is 467 g/mol. The van der Waals surface area contributed by atoms with E-state index in [1.54, 1.807) is 6.07 Å². The molecule has 0 radical (unpaired) electrons. The van der Waals surface area contributed by atoms with E-state index in [1.165, 1.54) is 20.3 Å². The second kappa shape index (κ2) is 8.61. The maximum absolute atomic E-state index is 14.7. The van der Waals surface area contributed by atoms with Gasteiger partial charge in [0.25, 0.3) is 5.56 Å². The van der Waals surface area contributed by atoms with Gasteiger partial charge in [-0.05, 0) is 6.07 Å². The molecule has 0 saturated carbocycles. The number of aromatic nitrogens is 4. The molecule has 0 spiro atoms. The molecular weight excluding hydrogens is 454 g/mol. The van der Waals surface area contributed by atoms with Crippen molar-refractivity contribution >= 4 is 0 Å².